The summed E-state index contributed by atoms with van der Waals surface area (Å²) < 4.78 is 11.2. The number of hydrogen-bond acceptors (Lipinski definition) is 4. The monoisotopic (exact) mass is 392 g/mol. The van der Waals surface area contributed by atoms with Gasteiger partial charge in [0.15, 0.2) is 5.69 Å². The Bertz CT molecular complexity index is 946. The van der Waals surface area contributed by atoms with E-state index in [0.717, 1.165) is 24.2 Å². The van der Waals surface area contributed by atoms with Gasteiger partial charge in [-0.2, -0.15) is 0 Å². The fraction of sp³-hybridized carbons (Fsp3) is 0.348. The van der Waals surface area contributed by atoms with Crippen molar-refractivity contribution >= 4 is 23.3 Å². The van der Waals surface area contributed by atoms with Gasteiger partial charge < -0.3 is 14.8 Å². The molecule has 1 aliphatic heterocycles. The van der Waals surface area contributed by atoms with Crippen molar-refractivity contribution in [3.05, 3.63) is 65.0 Å². The fourth-order valence-electron chi connectivity index (χ4n) is 3.33. The Morgan fingerprint density at radius 1 is 1.24 bits per heavy atom. The molecular weight excluding hydrogens is 368 g/mol. The van der Waals surface area contributed by atoms with E-state index < -0.39 is 5.60 Å². The van der Waals surface area contributed by atoms with Gasteiger partial charge in [0.05, 0.1) is 13.2 Å². The molecule has 2 aromatic carbocycles. The third kappa shape index (κ3) is 5.14. The van der Waals surface area contributed by atoms with Gasteiger partial charge in [0.1, 0.15) is 11.4 Å². The number of esters is 1. The van der Waals surface area contributed by atoms with Crippen LogP contribution in [-0.2, 0) is 16.0 Å². The maximum Gasteiger partial charge on any atom is 0.305 e. The molecule has 150 valence electrons. The molecule has 0 bridgehead atoms. The van der Waals surface area contributed by atoms with E-state index in [2.05, 4.69) is 10.2 Å². The Labute approximate surface area is 170 Å². The summed E-state index contributed by atoms with van der Waals surface area (Å²) in [6, 6.07) is 12.1. The van der Waals surface area contributed by atoms with Crippen LogP contribution >= 0.6 is 0 Å². The number of carbonyl (C=O) groups excluding carboxylic acids is 2. The molecule has 0 aromatic heterocycles. The summed E-state index contributed by atoms with van der Waals surface area (Å²) in [4.78, 5) is 27.4. The van der Waals surface area contributed by atoms with Crippen LogP contribution in [0.25, 0.3) is 4.85 Å². The van der Waals surface area contributed by atoms with Gasteiger partial charge in [-0.05, 0) is 56.9 Å². The molecule has 1 aliphatic rings. The molecule has 0 radical (unpaired) electrons. The zero-order valence-corrected chi connectivity index (χ0v) is 16.7. The van der Waals surface area contributed by atoms with E-state index in [1.807, 2.05) is 19.1 Å². The largest absolute Gasteiger partial charge is 0.487 e. The Hall–Kier alpha value is -3.33. The number of aryl methyl sites for hydroxylation is 1. The molecule has 2 aromatic rings. The standard InChI is InChI=1S/C23H24N2O4/c1-4-28-21(26)12-14-23(2)13-11-17-15-19(9-10-20(17)29-23)25-22(27)16-5-7-18(24-3)8-6-16/h5-10,15H,4,11-14H2,1-2H3,(H,25,27). The molecule has 0 saturated carbocycles. The third-order valence-electron chi connectivity index (χ3n) is 5.02. The van der Waals surface area contributed by atoms with Crippen molar-refractivity contribution in [2.75, 3.05) is 11.9 Å². The van der Waals surface area contributed by atoms with E-state index in [-0.39, 0.29) is 11.9 Å². The second kappa shape index (κ2) is 8.78. The number of rotatable bonds is 6. The van der Waals surface area contributed by atoms with Gasteiger partial charge in [-0.3, -0.25) is 9.59 Å². The van der Waals surface area contributed by atoms with E-state index in [1.54, 1.807) is 37.3 Å². The van der Waals surface area contributed by atoms with E-state index in [0.29, 0.717) is 36.4 Å². The number of benzene rings is 2. The number of nitrogens with one attached hydrogen (secondary N) is 1. The minimum absolute atomic E-state index is 0.203. The molecule has 3 rings (SSSR count). The molecule has 1 unspecified atom stereocenters. The normalized spacial score (nSPS) is 17.4. The number of hydrogen-bond donors (Lipinski definition) is 1. The average molecular weight is 392 g/mol. The summed E-state index contributed by atoms with van der Waals surface area (Å²) in [7, 11) is 0. The Kier molecular flexibility index (Phi) is 6.18. The van der Waals surface area contributed by atoms with Crippen molar-refractivity contribution < 1.29 is 19.1 Å². The highest BCUT2D eigenvalue weighted by atomic mass is 16.5. The first-order chi connectivity index (χ1) is 13.9. The topological polar surface area (TPSA) is 69.0 Å². The maximum atomic E-state index is 12.4. The second-order valence-electron chi connectivity index (χ2n) is 7.29. The minimum atomic E-state index is -0.408. The van der Waals surface area contributed by atoms with Crippen molar-refractivity contribution in [2.45, 2.75) is 45.1 Å². The molecule has 1 atom stereocenters. The van der Waals surface area contributed by atoms with Crippen molar-refractivity contribution in [2.24, 2.45) is 0 Å². The molecule has 6 nitrogen and oxygen atoms in total. The first-order valence-electron chi connectivity index (χ1n) is 9.69. The first kappa shape index (κ1) is 20.4. The molecule has 0 saturated heterocycles. The minimum Gasteiger partial charge on any atom is -0.487 e. The summed E-state index contributed by atoms with van der Waals surface area (Å²) in [6.07, 6.45) is 2.53. The quantitative estimate of drug-likeness (QED) is 0.560. The van der Waals surface area contributed by atoms with E-state index >= 15 is 0 Å². The van der Waals surface area contributed by atoms with Crippen LogP contribution in [0.1, 0.15) is 49.0 Å². The molecule has 6 heteroatoms. The van der Waals surface area contributed by atoms with Gasteiger partial charge in [0.2, 0.25) is 0 Å². The Morgan fingerprint density at radius 2 is 2.00 bits per heavy atom. The van der Waals surface area contributed by atoms with Crippen molar-refractivity contribution in [1.82, 2.24) is 0 Å². The number of amides is 1. The lowest BCUT2D eigenvalue weighted by atomic mass is 9.88. The number of ether oxygens (including phenoxy) is 2. The van der Waals surface area contributed by atoms with E-state index in [1.165, 1.54) is 0 Å². The summed E-state index contributed by atoms with van der Waals surface area (Å²) in [5.41, 5.74) is 2.31. The second-order valence-corrected chi connectivity index (χ2v) is 7.29. The van der Waals surface area contributed by atoms with Crippen molar-refractivity contribution in [3.8, 4) is 5.75 Å². The number of carbonyl (C=O) groups is 2. The van der Waals surface area contributed by atoms with Gasteiger partial charge in [-0.15, -0.1) is 0 Å². The van der Waals surface area contributed by atoms with Crippen LogP contribution in [0.2, 0.25) is 0 Å². The summed E-state index contributed by atoms with van der Waals surface area (Å²) in [6.45, 7) is 11.2. The summed E-state index contributed by atoms with van der Waals surface area (Å²) >= 11 is 0. The van der Waals surface area contributed by atoms with E-state index in [4.69, 9.17) is 16.0 Å². The summed E-state index contributed by atoms with van der Waals surface area (Å²) in [5, 5.41) is 2.89. The Balaban J connectivity index is 1.64. The fourth-order valence-corrected chi connectivity index (χ4v) is 3.33. The molecule has 1 N–H and O–H groups in total. The maximum absolute atomic E-state index is 12.4. The van der Waals surface area contributed by atoms with Crippen LogP contribution in [-0.4, -0.2) is 24.1 Å². The molecular formula is C23H24N2O4. The van der Waals surface area contributed by atoms with E-state index in [9.17, 15) is 9.59 Å². The highest BCUT2D eigenvalue weighted by Gasteiger charge is 2.32. The lowest BCUT2D eigenvalue weighted by Gasteiger charge is -2.36. The first-order valence-corrected chi connectivity index (χ1v) is 9.69. The predicted molar refractivity (Wildman–Crippen MR) is 110 cm³/mol. The molecule has 0 spiro atoms. The molecule has 1 amide bonds. The van der Waals surface area contributed by atoms with Gasteiger partial charge in [0, 0.05) is 17.7 Å². The SMILES string of the molecule is [C-]#[N+]c1ccc(C(=O)Nc2ccc3c(c2)CCC(C)(CCC(=O)OCC)O3)cc1. The van der Waals surface area contributed by atoms with Crippen LogP contribution in [0, 0.1) is 6.57 Å². The Morgan fingerprint density at radius 3 is 2.69 bits per heavy atom. The van der Waals surface area contributed by atoms with Gasteiger partial charge >= 0.3 is 5.97 Å². The number of fused-ring (bicyclic) bond motifs is 1. The lowest BCUT2D eigenvalue weighted by molar-refractivity contribution is -0.144. The van der Waals surface area contributed by atoms with Gasteiger partial charge in [0.25, 0.3) is 5.91 Å². The van der Waals surface area contributed by atoms with Crippen LogP contribution in [0.4, 0.5) is 11.4 Å². The lowest BCUT2D eigenvalue weighted by Crippen LogP contribution is -2.37. The molecule has 0 fully saturated rings. The highest BCUT2D eigenvalue weighted by molar-refractivity contribution is 6.04. The predicted octanol–water partition coefficient (Wildman–Crippen LogP) is 4.92. The van der Waals surface area contributed by atoms with Crippen LogP contribution in [0.5, 0.6) is 5.75 Å². The zero-order valence-electron chi connectivity index (χ0n) is 16.7. The number of nitrogens with zero attached hydrogens (tertiary/aromatic N) is 1. The van der Waals surface area contributed by atoms with Crippen LogP contribution in [0.3, 0.4) is 0 Å². The van der Waals surface area contributed by atoms with Gasteiger partial charge in [-0.25, -0.2) is 4.85 Å². The van der Waals surface area contributed by atoms with Crippen LogP contribution < -0.4 is 10.1 Å². The average Bonchev–Trinajstić information content (AvgIpc) is 2.73. The smallest absolute Gasteiger partial charge is 0.305 e. The van der Waals surface area contributed by atoms with Crippen LogP contribution in [0.15, 0.2) is 42.5 Å². The van der Waals surface area contributed by atoms with Gasteiger partial charge in [-0.1, -0.05) is 24.3 Å². The molecule has 0 aliphatic carbocycles. The third-order valence-corrected chi connectivity index (χ3v) is 5.02. The van der Waals surface area contributed by atoms with Crippen molar-refractivity contribution in [3.63, 3.8) is 0 Å². The highest BCUT2D eigenvalue weighted by Crippen LogP contribution is 2.37. The molecule has 29 heavy (non-hydrogen) atoms. The zero-order chi connectivity index (χ0) is 20.9. The van der Waals surface area contributed by atoms with Crippen molar-refractivity contribution in [1.29, 1.82) is 0 Å². The number of anilines is 1. The molecule has 1 heterocycles. The summed E-state index contributed by atoms with van der Waals surface area (Å²) in [5.74, 6) is 0.352.